The summed E-state index contributed by atoms with van der Waals surface area (Å²) in [5.74, 6) is 1.68. The van der Waals surface area contributed by atoms with Gasteiger partial charge < -0.3 is 19.3 Å². The molecule has 474 valence electrons. The smallest absolute Gasteiger partial charge is 0.169 e. The van der Waals surface area contributed by atoms with Gasteiger partial charge in [-0.1, -0.05) is 85.1 Å². The number of hydrogen-bond acceptors (Lipinski definition) is 8. The molecule has 0 N–H and O–H groups in total. The van der Waals surface area contributed by atoms with Crippen molar-refractivity contribution in [2.75, 3.05) is 26.3 Å². The van der Waals surface area contributed by atoms with Crippen molar-refractivity contribution in [1.82, 2.24) is 9.80 Å². The monoisotopic (exact) mass is 1220 g/mol. The van der Waals surface area contributed by atoms with Gasteiger partial charge in [-0.05, 0) is 224 Å². The molecule has 10 nitrogen and oxygen atoms in total. The average Bonchev–Trinajstić information content (AvgIpc) is 1.61. The fourth-order valence-electron chi connectivity index (χ4n) is 13.6. The van der Waals surface area contributed by atoms with E-state index < -0.39 is 0 Å². The van der Waals surface area contributed by atoms with Gasteiger partial charge in [-0.25, -0.2) is 29.1 Å². The topological polar surface area (TPSA) is 82.1 Å². The Morgan fingerprint density at radius 2 is 0.793 bits per heavy atom. The van der Waals surface area contributed by atoms with Gasteiger partial charge in [0.25, 0.3) is 0 Å². The fraction of sp³-hybridized carbons (Fsp3) is 0.366. The van der Waals surface area contributed by atoms with Crippen LogP contribution in [0, 0.1) is 0 Å². The number of unbranched alkanes of at least 4 members (excludes halogenated alkanes) is 6. The number of aryl methyl sites for hydroxylation is 2. The molecule has 9 heterocycles. The second-order valence-electron chi connectivity index (χ2n) is 25.1. The van der Waals surface area contributed by atoms with E-state index in [1.807, 2.05) is 0 Å². The van der Waals surface area contributed by atoms with Crippen molar-refractivity contribution < 1.29 is 18.6 Å². The molecule has 0 amide bonds. The zero-order valence-corrected chi connectivity index (χ0v) is 56.5. The maximum Gasteiger partial charge on any atom is 0.169 e. The van der Waals surface area contributed by atoms with E-state index in [9.17, 15) is 0 Å². The molecule has 0 spiro atoms. The summed E-state index contributed by atoms with van der Waals surface area (Å²) in [4.78, 5) is 27.3. The number of benzene rings is 2. The Kier molecular flexibility index (Phi) is 21.5. The number of ether oxygens (including phenoxy) is 2. The van der Waals surface area contributed by atoms with Gasteiger partial charge in [-0.2, -0.15) is 0 Å². The van der Waals surface area contributed by atoms with Gasteiger partial charge >= 0.3 is 0 Å². The first-order valence-electron chi connectivity index (χ1n) is 34.5. The Labute approximate surface area is 549 Å². The lowest BCUT2D eigenvalue weighted by Crippen LogP contribution is -2.33. The molecule has 0 aliphatic carbocycles. The molecule has 0 atom stereocenters. The molecule has 0 unspecified atom stereocenters. The summed E-state index contributed by atoms with van der Waals surface area (Å²) in [6, 6.07) is 26.1. The molecule has 11 rings (SSSR count). The van der Waals surface area contributed by atoms with E-state index >= 15 is 0 Å². The lowest BCUT2D eigenvalue weighted by Gasteiger charge is -2.22. The van der Waals surface area contributed by atoms with Crippen LogP contribution in [-0.2, 0) is 13.1 Å². The lowest BCUT2D eigenvalue weighted by atomic mass is 9.89. The predicted octanol–water partition coefficient (Wildman–Crippen LogP) is 18.9. The van der Waals surface area contributed by atoms with Gasteiger partial charge in [0.1, 0.15) is 24.6 Å². The largest absolute Gasteiger partial charge is 0.494 e. The molecular weight excluding hydrogens is 1130 g/mol. The summed E-state index contributed by atoms with van der Waals surface area (Å²) < 4.78 is 17.8. The summed E-state index contributed by atoms with van der Waals surface area (Å²) in [5, 5.41) is 0. The van der Waals surface area contributed by atoms with Crippen LogP contribution < -0.4 is 18.6 Å². The normalized spacial score (nSPS) is 17.1. The number of aromatic nitrogens is 2. The van der Waals surface area contributed by atoms with Gasteiger partial charge in [0.2, 0.25) is 0 Å². The number of rotatable bonds is 27. The minimum absolute atomic E-state index is 0.616. The molecule has 92 heavy (non-hydrogen) atoms. The molecule has 7 aliphatic rings. The van der Waals surface area contributed by atoms with Crippen LogP contribution in [0.3, 0.4) is 0 Å². The van der Waals surface area contributed by atoms with Crippen LogP contribution in [0.2, 0.25) is 0 Å². The summed E-state index contributed by atoms with van der Waals surface area (Å²) in [5.41, 5.74) is 26.1. The van der Waals surface area contributed by atoms with Gasteiger partial charge in [0.05, 0.1) is 58.8 Å². The predicted molar refractivity (Wildman–Crippen MR) is 382 cm³/mol. The lowest BCUT2D eigenvalue weighted by molar-refractivity contribution is -0.697. The van der Waals surface area contributed by atoms with Crippen LogP contribution in [0.25, 0.3) is 22.3 Å². The maximum absolute atomic E-state index is 6.62. The molecule has 0 saturated heterocycles. The highest BCUT2D eigenvalue weighted by Crippen LogP contribution is 2.45. The number of nitrogens with zero attached hydrogens (tertiary/aromatic N) is 8. The Morgan fingerprint density at radius 1 is 0.402 bits per heavy atom. The number of allylic oxidation sites excluding steroid dienone is 18. The SMILES string of the molecule is CCCCCN1C=CC(=C2C=CN(CCCCOc3cccc(C4=C5N=C(C=C6N=C(C(C)=C6CC)C(c6cccc(OCCCC[n+]7ccc(-c8cc[n+](CCCCC)cc8)cc7)c6)=C6N=C(C=C7N=C4C(C)=C7CC)C(CC)=C6C)C(CC)=C5C)c3)C=C2)C=C1. The van der Waals surface area contributed by atoms with E-state index in [1.54, 1.807) is 0 Å². The highest BCUT2D eigenvalue weighted by atomic mass is 16.5. The van der Waals surface area contributed by atoms with Crippen LogP contribution in [-0.4, -0.2) is 58.9 Å². The average molecular weight is 1230 g/mol. The fourth-order valence-corrected chi connectivity index (χ4v) is 13.6. The molecule has 7 aliphatic heterocycles. The third-order valence-corrected chi connectivity index (χ3v) is 19.0. The molecule has 10 heteroatoms. The minimum atomic E-state index is 0.616. The van der Waals surface area contributed by atoms with Crippen LogP contribution in [0.4, 0.5) is 0 Å². The van der Waals surface area contributed by atoms with Crippen molar-refractivity contribution in [1.29, 1.82) is 0 Å². The number of fused-ring (bicyclic) bond motifs is 4. The first kappa shape index (κ1) is 64.8. The number of aliphatic imine (C=N–C) groups is 4. The quantitative estimate of drug-likeness (QED) is 0.0440. The van der Waals surface area contributed by atoms with Crippen molar-refractivity contribution in [3.63, 3.8) is 0 Å². The standard InChI is InChI=1S/C82H96N8O2/c1-11-17-19-39-87-43-31-61(32-44-87)63-35-47-89(48-36-63)41-21-23-51-91-67-29-25-27-65(53-67)77-79-57(7)69(13-3)73(83-79)55-75-71(15-5)59(9)81(85-75)78(82-60(10)72(16-6)76(86-82)56-74-70(14-4)58(8)80(77)84-74)66-28-26-30-68(54-66)92-52-24-22-42-90-49-37-64(38-50-90)62-33-45-88(46-34-62)40-20-18-12-2/h25-38,43-50,53-56H,11-24,39-42,51-52H2,1-10H3/q+2. The van der Waals surface area contributed by atoms with Crippen molar-refractivity contribution in [3.8, 4) is 22.6 Å². The van der Waals surface area contributed by atoms with E-state index in [1.165, 1.54) is 83.1 Å². The van der Waals surface area contributed by atoms with Crippen LogP contribution in [0.5, 0.6) is 11.5 Å². The summed E-state index contributed by atoms with van der Waals surface area (Å²) in [6.07, 6.45) is 45.6. The number of pyridine rings is 2. The van der Waals surface area contributed by atoms with Gasteiger partial charge in [0, 0.05) is 86.1 Å². The second-order valence-corrected chi connectivity index (χ2v) is 25.1. The minimum Gasteiger partial charge on any atom is -0.494 e. The van der Waals surface area contributed by atoms with Gasteiger partial charge in [-0.3, -0.25) is 0 Å². The summed E-state index contributed by atoms with van der Waals surface area (Å²) in [7, 11) is 0. The number of hydrogen-bond donors (Lipinski definition) is 0. The van der Waals surface area contributed by atoms with Crippen molar-refractivity contribution in [2.45, 2.75) is 172 Å². The first-order chi connectivity index (χ1) is 45.0. The molecule has 2 aromatic carbocycles. The second kappa shape index (κ2) is 30.6. The molecule has 8 bridgehead atoms. The van der Waals surface area contributed by atoms with Crippen molar-refractivity contribution in [2.24, 2.45) is 20.0 Å². The molecule has 2 aromatic heterocycles. The Morgan fingerprint density at radius 3 is 1.21 bits per heavy atom. The van der Waals surface area contributed by atoms with Crippen LogP contribution >= 0.6 is 0 Å². The van der Waals surface area contributed by atoms with Gasteiger partial charge in [0.15, 0.2) is 24.8 Å². The zero-order valence-electron chi connectivity index (χ0n) is 56.5. The summed E-state index contributed by atoms with van der Waals surface area (Å²) >= 11 is 0. The molecule has 0 radical (unpaired) electrons. The molecule has 0 fully saturated rings. The molecule has 4 aromatic rings. The van der Waals surface area contributed by atoms with E-state index in [-0.39, 0.29) is 0 Å². The van der Waals surface area contributed by atoms with E-state index in [0.29, 0.717) is 13.2 Å². The highest BCUT2D eigenvalue weighted by molar-refractivity contribution is 6.37. The summed E-state index contributed by atoms with van der Waals surface area (Å²) in [6.45, 7) is 27.7. The van der Waals surface area contributed by atoms with Crippen molar-refractivity contribution >= 4 is 34.0 Å². The zero-order chi connectivity index (χ0) is 64.1. The third kappa shape index (κ3) is 14.6. The van der Waals surface area contributed by atoms with Crippen LogP contribution in [0.15, 0.2) is 257 Å². The van der Waals surface area contributed by atoms with E-state index in [2.05, 4.69) is 247 Å². The Hall–Kier alpha value is -8.76. The third-order valence-electron chi connectivity index (χ3n) is 19.0. The van der Waals surface area contributed by atoms with Crippen LogP contribution in [0.1, 0.15) is 170 Å². The first-order valence-corrected chi connectivity index (χ1v) is 34.5. The highest BCUT2D eigenvalue weighted by Gasteiger charge is 2.34. The Balaban J connectivity index is 0.839. The Bertz CT molecular complexity index is 3990. The molecule has 0 saturated carbocycles. The van der Waals surface area contributed by atoms with Crippen molar-refractivity contribution in [3.05, 3.63) is 248 Å². The molecular formula is C82H96N8O2+2. The van der Waals surface area contributed by atoms with E-state index in [4.69, 9.17) is 29.4 Å². The maximum atomic E-state index is 6.62. The van der Waals surface area contributed by atoms with Gasteiger partial charge in [-0.15, -0.1) is 0 Å². The van der Waals surface area contributed by atoms with E-state index in [0.717, 1.165) is 179 Å².